The summed E-state index contributed by atoms with van der Waals surface area (Å²) >= 11 is 0. The van der Waals surface area contributed by atoms with Crippen LogP contribution in [0.1, 0.15) is 17.9 Å². The van der Waals surface area contributed by atoms with Crippen molar-refractivity contribution in [1.29, 1.82) is 0 Å². The topological polar surface area (TPSA) is 95.8 Å². The molecule has 148 valence electrons. The molecule has 2 fully saturated rings. The molecule has 1 unspecified atom stereocenters. The van der Waals surface area contributed by atoms with Gasteiger partial charge in [-0.2, -0.15) is 4.31 Å². The van der Waals surface area contributed by atoms with Gasteiger partial charge in [0.2, 0.25) is 15.9 Å². The Morgan fingerprint density at radius 1 is 1.27 bits per heavy atom. The molecule has 0 aliphatic carbocycles. The van der Waals surface area contributed by atoms with Crippen LogP contribution in [0, 0.1) is 13.8 Å². The molecule has 0 saturated carbocycles. The molecule has 1 atom stereocenters. The third kappa shape index (κ3) is 3.85. The first-order chi connectivity index (χ1) is 11.6. The van der Waals surface area contributed by atoms with Gasteiger partial charge in [0.25, 0.3) is 5.92 Å². The predicted octanol–water partition coefficient (Wildman–Crippen LogP) is 0.543. The highest BCUT2D eigenvalue weighted by Crippen LogP contribution is 2.27. The second-order valence-corrected chi connectivity index (χ2v) is 8.25. The summed E-state index contributed by atoms with van der Waals surface area (Å²) in [6.07, 6.45) is -0.524. The van der Waals surface area contributed by atoms with Gasteiger partial charge in [-0.1, -0.05) is 5.16 Å². The maximum absolute atomic E-state index is 13.2. The number of sulfonamides is 1. The van der Waals surface area contributed by atoms with Gasteiger partial charge in [0, 0.05) is 32.6 Å². The van der Waals surface area contributed by atoms with E-state index in [0.717, 1.165) is 0 Å². The minimum absolute atomic E-state index is 0. The zero-order valence-electron chi connectivity index (χ0n) is 14.4. The molecule has 2 aliphatic rings. The van der Waals surface area contributed by atoms with Crippen LogP contribution in [0.15, 0.2) is 9.42 Å². The Labute approximate surface area is 156 Å². The van der Waals surface area contributed by atoms with Crippen LogP contribution in [-0.4, -0.2) is 73.4 Å². The van der Waals surface area contributed by atoms with Crippen LogP contribution in [-0.2, 0) is 14.8 Å². The van der Waals surface area contributed by atoms with Crippen LogP contribution in [0.2, 0.25) is 0 Å². The van der Waals surface area contributed by atoms with Gasteiger partial charge < -0.3 is 9.42 Å². The van der Waals surface area contributed by atoms with E-state index in [9.17, 15) is 22.0 Å². The van der Waals surface area contributed by atoms with Crippen molar-refractivity contribution in [3.63, 3.8) is 0 Å². The largest absolute Gasteiger partial charge is 0.360 e. The smallest absolute Gasteiger partial charge is 0.262 e. The molecule has 0 radical (unpaired) electrons. The summed E-state index contributed by atoms with van der Waals surface area (Å²) in [5.74, 6) is -3.07. The predicted molar refractivity (Wildman–Crippen MR) is 89.9 cm³/mol. The van der Waals surface area contributed by atoms with Crippen molar-refractivity contribution in [3.8, 4) is 0 Å². The van der Waals surface area contributed by atoms with Crippen molar-refractivity contribution in [3.05, 3.63) is 11.5 Å². The Morgan fingerprint density at radius 2 is 1.88 bits per heavy atom. The van der Waals surface area contributed by atoms with Crippen LogP contribution >= 0.6 is 12.4 Å². The zero-order chi connectivity index (χ0) is 18.4. The number of rotatable bonds is 3. The molecule has 8 nitrogen and oxygen atoms in total. The van der Waals surface area contributed by atoms with E-state index in [2.05, 4.69) is 10.5 Å². The standard InChI is InChI=1S/C14H20F2N4O4S.ClH/c1-9-12(10(2)24-18-9)25(22,23)20-5-3-19(4-6-20)13(21)11-7-14(15,16)8-17-11;/h11,17H,3-8H2,1-2H3;1H. The summed E-state index contributed by atoms with van der Waals surface area (Å²) in [4.78, 5) is 13.8. The SMILES string of the molecule is Cc1noc(C)c1S(=O)(=O)N1CCN(C(=O)C2CC(F)(F)CN2)CC1.Cl. The van der Waals surface area contributed by atoms with Crippen LogP contribution in [0.4, 0.5) is 8.78 Å². The second kappa shape index (κ2) is 7.37. The molecule has 2 saturated heterocycles. The Bertz CT molecular complexity index is 758. The number of hydrogen-bond acceptors (Lipinski definition) is 6. The van der Waals surface area contributed by atoms with Crippen LogP contribution < -0.4 is 5.32 Å². The molecule has 1 amide bonds. The van der Waals surface area contributed by atoms with E-state index >= 15 is 0 Å². The Kier molecular flexibility index (Phi) is 5.96. The lowest BCUT2D eigenvalue weighted by atomic mass is 10.1. The van der Waals surface area contributed by atoms with E-state index in [0.29, 0.717) is 0 Å². The summed E-state index contributed by atoms with van der Waals surface area (Å²) in [6, 6.07) is -0.916. The number of alkyl halides is 2. The number of piperazine rings is 1. The van der Waals surface area contributed by atoms with Gasteiger partial charge >= 0.3 is 0 Å². The Hall–Kier alpha value is -1.30. The maximum Gasteiger partial charge on any atom is 0.262 e. The van der Waals surface area contributed by atoms with Gasteiger partial charge in [0.05, 0.1) is 12.6 Å². The number of aryl methyl sites for hydroxylation is 2. The average Bonchev–Trinajstić information content (AvgIpc) is 3.08. The number of carbonyl (C=O) groups excluding carboxylic acids is 1. The molecular formula is C14H21ClF2N4O4S. The van der Waals surface area contributed by atoms with Gasteiger partial charge in [-0.05, 0) is 13.8 Å². The van der Waals surface area contributed by atoms with Gasteiger partial charge in [0.1, 0.15) is 10.6 Å². The fourth-order valence-electron chi connectivity index (χ4n) is 3.23. The normalized spacial score (nSPS) is 23.7. The van der Waals surface area contributed by atoms with Crippen molar-refractivity contribution in [2.75, 3.05) is 32.7 Å². The van der Waals surface area contributed by atoms with Crippen molar-refractivity contribution < 1.29 is 26.5 Å². The lowest BCUT2D eigenvalue weighted by molar-refractivity contribution is -0.134. The van der Waals surface area contributed by atoms with E-state index < -0.39 is 40.9 Å². The summed E-state index contributed by atoms with van der Waals surface area (Å²) in [5.41, 5.74) is 0.286. The van der Waals surface area contributed by atoms with Crippen molar-refractivity contribution >= 4 is 28.3 Å². The molecular weight excluding hydrogens is 394 g/mol. The van der Waals surface area contributed by atoms with Gasteiger partial charge in [0.15, 0.2) is 5.76 Å². The fraction of sp³-hybridized carbons (Fsp3) is 0.714. The van der Waals surface area contributed by atoms with Gasteiger partial charge in [-0.25, -0.2) is 17.2 Å². The van der Waals surface area contributed by atoms with Gasteiger partial charge in [-0.15, -0.1) is 12.4 Å². The summed E-state index contributed by atoms with van der Waals surface area (Å²) in [5, 5.41) is 6.19. The molecule has 0 bridgehead atoms. The zero-order valence-corrected chi connectivity index (χ0v) is 16.0. The Balaban J connectivity index is 0.00000243. The Morgan fingerprint density at radius 3 is 2.35 bits per heavy atom. The summed E-state index contributed by atoms with van der Waals surface area (Å²) in [7, 11) is -3.76. The van der Waals surface area contributed by atoms with E-state index in [1.165, 1.54) is 16.1 Å². The molecule has 1 aromatic heterocycles. The van der Waals surface area contributed by atoms with Crippen molar-refractivity contribution in [2.24, 2.45) is 0 Å². The molecule has 1 N–H and O–H groups in total. The summed E-state index contributed by atoms with van der Waals surface area (Å²) < 4.78 is 58.1. The van der Waals surface area contributed by atoms with Crippen molar-refractivity contribution in [1.82, 2.24) is 19.7 Å². The number of carbonyl (C=O) groups is 1. The number of aromatic nitrogens is 1. The minimum Gasteiger partial charge on any atom is -0.360 e. The first-order valence-electron chi connectivity index (χ1n) is 7.95. The number of nitrogens with zero attached hydrogens (tertiary/aromatic N) is 3. The fourth-order valence-corrected chi connectivity index (χ4v) is 4.94. The molecule has 1 aromatic rings. The molecule has 12 heteroatoms. The third-order valence-electron chi connectivity index (χ3n) is 4.52. The van der Waals surface area contributed by atoms with Crippen molar-refractivity contribution in [2.45, 2.75) is 37.1 Å². The highest BCUT2D eigenvalue weighted by Gasteiger charge is 2.44. The van der Waals surface area contributed by atoms with Crippen LogP contribution in [0.25, 0.3) is 0 Å². The van der Waals surface area contributed by atoms with Crippen LogP contribution in [0.3, 0.4) is 0 Å². The lowest BCUT2D eigenvalue weighted by Gasteiger charge is -2.35. The first-order valence-corrected chi connectivity index (χ1v) is 9.39. The molecule has 0 spiro atoms. The quantitative estimate of drug-likeness (QED) is 0.775. The third-order valence-corrected chi connectivity index (χ3v) is 6.67. The lowest BCUT2D eigenvalue weighted by Crippen LogP contribution is -2.54. The molecule has 3 rings (SSSR count). The number of halogens is 3. The average molecular weight is 415 g/mol. The van der Waals surface area contributed by atoms with Crippen LogP contribution in [0.5, 0.6) is 0 Å². The summed E-state index contributed by atoms with van der Waals surface area (Å²) in [6.45, 7) is 3.08. The second-order valence-electron chi connectivity index (χ2n) is 6.38. The molecule has 0 aromatic carbocycles. The van der Waals surface area contributed by atoms with E-state index in [-0.39, 0.29) is 54.9 Å². The number of hydrogen-bond donors (Lipinski definition) is 1. The minimum atomic E-state index is -3.76. The monoisotopic (exact) mass is 414 g/mol. The highest BCUT2D eigenvalue weighted by molar-refractivity contribution is 7.89. The number of nitrogens with one attached hydrogen (secondary N) is 1. The van der Waals surface area contributed by atoms with E-state index in [4.69, 9.17) is 4.52 Å². The van der Waals surface area contributed by atoms with Gasteiger partial charge in [-0.3, -0.25) is 10.1 Å². The first kappa shape index (κ1) is 21.0. The van der Waals surface area contributed by atoms with E-state index in [1.807, 2.05) is 0 Å². The number of amides is 1. The molecule has 26 heavy (non-hydrogen) atoms. The molecule has 2 aliphatic heterocycles. The highest BCUT2D eigenvalue weighted by atomic mass is 35.5. The van der Waals surface area contributed by atoms with E-state index in [1.54, 1.807) is 6.92 Å². The maximum atomic E-state index is 13.2. The molecule has 3 heterocycles.